The van der Waals surface area contributed by atoms with E-state index in [-0.39, 0.29) is 17.7 Å². The normalized spacial score (nSPS) is 21.3. The maximum atomic E-state index is 15.2. The third-order valence-electron chi connectivity index (χ3n) is 4.61. The van der Waals surface area contributed by atoms with Crippen molar-refractivity contribution in [3.8, 4) is 0 Å². The van der Waals surface area contributed by atoms with Gasteiger partial charge in [0.2, 0.25) is 5.41 Å². The molecule has 10 heteroatoms. The van der Waals surface area contributed by atoms with Crippen LogP contribution in [0.4, 0.5) is 8.78 Å². The quantitative estimate of drug-likeness (QED) is 0.420. The first-order chi connectivity index (χ1) is 12.5. The van der Waals surface area contributed by atoms with Crippen LogP contribution in [0.25, 0.3) is 0 Å². The number of aryl methyl sites for hydroxylation is 1. The summed E-state index contributed by atoms with van der Waals surface area (Å²) in [5.74, 6) is -7.16. The summed E-state index contributed by atoms with van der Waals surface area (Å²) in [7, 11) is -2.83. The number of ether oxygens (including phenoxy) is 2. The average molecular weight is 406 g/mol. The van der Waals surface area contributed by atoms with E-state index in [1.165, 1.54) is 24.3 Å². The maximum absolute atomic E-state index is 15.2. The first kappa shape index (κ1) is 21.2. The van der Waals surface area contributed by atoms with E-state index in [0.717, 1.165) is 19.8 Å². The summed E-state index contributed by atoms with van der Waals surface area (Å²) in [6.07, 6.45) is -3.21. The number of halogens is 2. The Bertz CT molecular complexity index is 802. The number of carbonyl (C=O) groups is 2. The lowest BCUT2D eigenvalue weighted by atomic mass is 9.69. The molecule has 0 aliphatic heterocycles. The van der Waals surface area contributed by atoms with Crippen LogP contribution in [0.3, 0.4) is 0 Å². The molecular formula is C17H20F2O7S. The molecule has 0 saturated heterocycles. The van der Waals surface area contributed by atoms with Crippen LogP contribution in [-0.4, -0.2) is 46.6 Å². The summed E-state index contributed by atoms with van der Waals surface area (Å²) in [5, 5.41) is 0. The van der Waals surface area contributed by atoms with Gasteiger partial charge in [0.1, 0.15) is 6.10 Å². The molecule has 1 fully saturated rings. The Kier molecular flexibility index (Phi) is 5.91. The van der Waals surface area contributed by atoms with Crippen molar-refractivity contribution < 1.29 is 40.4 Å². The van der Waals surface area contributed by atoms with Gasteiger partial charge in [-0.05, 0) is 38.3 Å². The molecule has 1 aliphatic rings. The van der Waals surface area contributed by atoms with Crippen LogP contribution < -0.4 is 0 Å². The van der Waals surface area contributed by atoms with Crippen LogP contribution in [-0.2, 0) is 33.4 Å². The fourth-order valence-corrected chi connectivity index (χ4v) is 4.21. The Hall–Kier alpha value is -2.07. The number of hydrogen-bond donors (Lipinski definition) is 0. The van der Waals surface area contributed by atoms with Crippen LogP contribution in [0.2, 0.25) is 0 Å². The van der Waals surface area contributed by atoms with E-state index in [1.54, 1.807) is 6.92 Å². The number of hydrogen-bond acceptors (Lipinski definition) is 7. The van der Waals surface area contributed by atoms with Crippen molar-refractivity contribution in [1.82, 2.24) is 0 Å². The number of benzene rings is 1. The Morgan fingerprint density at radius 1 is 1.07 bits per heavy atom. The highest BCUT2D eigenvalue weighted by Crippen LogP contribution is 2.51. The minimum absolute atomic E-state index is 0.0616. The van der Waals surface area contributed by atoms with Crippen LogP contribution in [0.1, 0.15) is 24.8 Å². The fourth-order valence-electron chi connectivity index (χ4n) is 3.11. The topological polar surface area (TPSA) is 96.0 Å². The van der Waals surface area contributed by atoms with Gasteiger partial charge in [0.15, 0.2) is 0 Å². The molecule has 0 amide bonds. The number of esters is 2. The molecule has 0 bridgehead atoms. The number of carbonyl (C=O) groups excluding carboxylic acids is 2. The molecule has 150 valence electrons. The van der Waals surface area contributed by atoms with Gasteiger partial charge in [-0.2, -0.15) is 8.42 Å². The highest BCUT2D eigenvalue weighted by molar-refractivity contribution is 7.86. The molecule has 1 aromatic carbocycles. The molecule has 2 rings (SSSR count). The zero-order valence-corrected chi connectivity index (χ0v) is 15.8. The molecule has 0 radical (unpaired) electrons. The molecule has 1 aliphatic carbocycles. The molecule has 0 spiro atoms. The van der Waals surface area contributed by atoms with Gasteiger partial charge in [0.25, 0.3) is 10.1 Å². The van der Waals surface area contributed by atoms with Gasteiger partial charge in [0.05, 0.1) is 19.1 Å². The van der Waals surface area contributed by atoms with Crippen molar-refractivity contribution in [2.24, 2.45) is 5.41 Å². The maximum Gasteiger partial charge on any atom is 0.329 e. The average Bonchev–Trinajstić information content (AvgIpc) is 2.62. The van der Waals surface area contributed by atoms with Gasteiger partial charge in [-0.25, -0.2) is 8.78 Å². The molecule has 0 aromatic heterocycles. The summed E-state index contributed by atoms with van der Waals surface area (Å²) in [4.78, 5) is 23.9. The van der Waals surface area contributed by atoms with Crippen molar-refractivity contribution >= 4 is 22.1 Å². The smallest absolute Gasteiger partial charge is 0.329 e. The summed E-state index contributed by atoms with van der Waals surface area (Å²) < 4.78 is 68.7. The lowest BCUT2D eigenvalue weighted by Gasteiger charge is -2.42. The first-order valence-corrected chi connectivity index (χ1v) is 9.48. The Labute approximate surface area is 155 Å². The second-order valence-electron chi connectivity index (χ2n) is 6.26. The van der Waals surface area contributed by atoms with Crippen LogP contribution >= 0.6 is 0 Å². The predicted molar refractivity (Wildman–Crippen MR) is 88.5 cm³/mol. The van der Waals surface area contributed by atoms with E-state index in [4.69, 9.17) is 4.18 Å². The minimum atomic E-state index is -4.55. The third kappa shape index (κ3) is 3.55. The first-order valence-electron chi connectivity index (χ1n) is 8.07. The predicted octanol–water partition coefficient (Wildman–Crippen LogP) is 2.22. The monoisotopic (exact) mass is 406 g/mol. The minimum Gasteiger partial charge on any atom is -0.468 e. The van der Waals surface area contributed by atoms with Crippen molar-refractivity contribution in [2.75, 3.05) is 14.2 Å². The molecule has 1 atom stereocenters. The summed E-state index contributed by atoms with van der Waals surface area (Å²) >= 11 is 0. The summed E-state index contributed by atoms with van der Waals surface area (Å²) in [6, 6.07) is 5.42. The molecule has 1 aromatic rings. The van der Waals surface area contributed by atoms with E-state index in [2.05, 4.69) is 9.47 Å². The summed E-state index contributed by atoms with van der Waals surface area (Å²) in [5.41, 5.74) is -2.20. The molecule has 1 saturated carbocycles. The van der Waals surface area contributed by atoms with Gasteiger partial charge in [0, 0.05) is 0 Å². The molecule has 0 heterocycles. The van der Waals surface area contributed by atoms with Crippen LogP contribution in [0, 0.1) is 12.3 Å². The highest BCUT2D eigenvalue weighted by Gasteiger charge is 2.71. The van der Waals surface area contributed by atoms with E-state index < -0.39 is 45.9 Å². The largest absolute Gasteiger partial charge is 0.468 e. The fraction of sp³-hybridized carbons (Fsp3) is 0.529. The number of rotatable bonds is 5. The number of methoxy groups -OCH3 is 2. The van der Waals surface area contributed by atoms with Crippen LogP contribution in [0.5, 0.6) is 0 Å². The van der Waals surface area contributed by atoms with Gasteiger partial charge < -0.3 is 9.47 Å². The molecule has 1 unspecified atom stereocenters. The van der Waals surface area contributed by atoms with Crippen molar-refractivity contribution in [3.63, 3.8) is 0 Å². The standard InChI is InChI=1S/C17H20F2O7S/c1-11-6-8-12(9-7-11)27(22,23)26-13-5-4-10-16(14(20)24-2,15(21)25-3)17(13,18)19/h6-9,13H,4-5,10H2,1-3H3. The van der Waals surface area contributed by atoms with E-state index in [9.17, 15) is 18.0 Å². The van der Waals surface area contributed by atoms with Crippen molar-refractivity contribution in [2.45, 2.75) is 43.1 Å². The highest BCUT2D eigenvalue weighted by atomic mass is 32.2. The van der Waals surface area contributed by atoms with Gasteiger partial charge in [-0.15, -0.1) is 0 Å². The lowest BCUT2D eigenvalue weighted by Crippen LogP contribution is -2.62. The second-order valence-corrected chi connectivity index (χ2v) is 7.83. The van der Waals surface area contributed by atoms with E-state index in [0.29, 0.717) is 0 Å². The summed E-state index contributed by atoms with van der Waals surface area (Å²) in [6.45, 7) is 1.73. The second kappa shape index (κ2) is 7.51. The zero-order chi connectivity index (χ0) is 20.5. The molecule has 0 N–H and O–H groups in total. The van der Waals surface area contributed by atoms with Gasteiger partial charge >= 0.3 is 17.9 Å². The van der Waals surface area contributed by atoms with Crippen molar-refractivity contribution in [1.29, 1.82) is 0 Å². The Morgan fingerprint density at radius 2 is 1.59 bits per heavy atom. The molecule has 27 heavy (non-hydrogen) atoms. The Morgan fingerprint density at radius 3 is 2.07 bits per heavy atom. The SMILES string of the molecule is COC(=O)C1(C(=O)OC)CCCC(OS(=O)(=O)c2ccc(C)cc2)C1(F)F. The third-order valence-corrected chi connectivity index (χ3v) is 5.95. The zero-order valence-electron chi connectivity index (χ0n) is 15.0. The molecular weight excluding hydrogens is 386 g/mol. The molecule has 7 nitrogen and oxygen atoms in total. The van der Waals surface area contributed by atoms with Crippen molar-refractivity contribution in [3.05, 3.63) is 29.8 Å². The number of alkyl halides is 2. The van der Waals surface area contributed by atoms with Gasteiger partial charge in [-0.3, -0.25) is 13.8 Å². The Balaban J connectivity index is 2.44. The van der Waals surface area contributed by atoms with E-state index >= 15 is 8.78 Å². The van der Waals surface area contributed by atoms with Gasteiger partial charge in [-0.1, -0.05) is 17.7 Å². The van der Waals surface area contributed by atoms with E-state index in [1.807, 2.05) is 0 Å². The van der Waals surface area contributed by atoms with Crippen LogP contribution in [0.15, 0.2) is 29.2 Å². The lowest BCUT2D eigenvalue weighted by molar-refractivity contribution is -0.228.